The lowest BCUT2D eigenvalue weighted by Gasteiger charge is -2.24. The number of benzene rings is 3. The van der Waals surface area contributed by atoms with Gasteiger partial charge in [-0.15, -0.1) is 0 Å². The van der Waals surface area contributed by atoms with Crippen LogP contribution in [0.2, 0.25) is 0 Å². The standard InChI is InChI=1S/C25H28N2O4/c1-2-31-23(13-7-8-14-24(29)27-21-12-6-5-11-20(21)26)25(30)19-15-16-22(28)18-10-4-3-9-17(18)19/h3-6,8-12,14-16,23,25,28,30H,2,7,13,26H2,1H3,(H,27,29)/b14-8+/t23-,25-/m1/s1. The van der Waals surface area contributed by atoms with E-state index in [0.717, 1.165) is 5.39 Å². The first-order valence-corrected chi connectivity index (χ1v) is 10.3. The van der Waals surface area contributed by atoms with E-state index in [2.05, 4.69) is 5.32 Å². The maximum atomic E-state index is 12.1. The van der Waals surface area contributed by atoms with Crippen LogP contribution < -0.4 is 11.1 Å². The zero-order valence-electron chi connectivity index (χ0n) is 17.5. The first kappa shape index (κ1) is 22.3. The van der Waals surface area contributed by atoms with Gasteiger partial charge in [0, 0.05) is 12.0 Å². The summed E-state index contributed by atoms with van der Waals surface area (Å²) < 4.78 is 5.79. The van der Waals surface area contributed by atoms with Gasteiger partial charge in [0.1, 0.15) is 11.9 Å². The Bertz CT molecular complexity index is 1060. The van der Waals surface area contributed by atoms with E-state index in [9.17, 15) is 15.0 Å². The molecule has 3 aromatic rings. The number of carbonyl (C=O) groups excluding carboxylic acids is 1. The summed E-state index contributed by atoms with van der Waals surface area (Å²) in [5, 5.41) is 25.3. The zero-order valence-corrected chi connectivity index (χ0v) is 17.5. The second-order valence-electron chi connectivity index (χ2n) is 7.21. The van der Waals surface area contributed by atoms with Gasteiger partial charge in [-0.1, -0.05) is 48.5 Å². The quantitative estimate of drug-likeness (QED) is 0.300. The molecule has 31 heavy (non-hydrogen) atoms. The van der Waals surface area contributed by atoms with Gasteiger partial charge in [-0.3, -0.25) is 4.79 Å². The number of aromatic hydroxyl groups is 1. The van der Waals surface area contributed by atoms with Crippen molar-refractivity contribution >= 4 is 28.1 Å². The molecule has 0 bridgehead atoms. The summed E-state index contributed by atoms with van der Waals surface area (Å²) in [4.78, 5) is 12.1. The van der Waals surface area contributed by atoms with Gasteiger partial charge in [0.05, 0.1) is 17.5 Å². The van der Waals surface area contributed by atoms with E-state index in [1.807, 2.05) is 31.2 Å². The molecule has 6 nitrogen and oxygen atoms in total. The SMILES string of the molecule is CCO[C@H](CC/C=C/C(=O)Nc1ccccc1N)[C@H](O)c1ccc(O)c2ccccc12. The third-order valence-corrected chi connectivity index (χ3v) is 5.09. The van der Waals surface area contributed by atoms with Crippen molar-refractivity contribution in [3.8, 4) is 5.75 Å². The molecule has 5 N–H and O–H groups in total. The minimum atomic E-state index is -0.864. The van der Waals surface area contributed by atoms with Crippen LogP contribution in [0, 0.1) is 0 Å². The number of fused-ring (bicyclic) bond motifs is 1. The van der Waals surface area contributed by atoms with Crippen LogP contribution in [0.3, 0.4) is 0 Å². The molecule has 0 radical (unpaired) electrons. The van der Waals surface area contributed by atoms with Crippen LogP contribution in [0.1, 0.15) is 31.4 Å². The Balaban J connectivity index is 1.65. The average molecular weight is 421 g/mol. The number of para-hydroxylation sites is 2. The third-order valence-electron chi connectivity index (χ3n) is 5.09. The Labute approximate surface area is 182 Å². The molecule has 0 aliphatic rings. The van der Waals surface area contributed by atoms with E-state index in [-0.39, 0.29) is 11.7 Å². The normalized spacial score (nSPS) is 13.4. The molecule has 3 aromatic carbocycles. The number of aliphatic hydroxyl groups excluding tert-OH is 1. The number of amides is 1. The molecule has 0 fully saturated rings. The summed E-state index contributed by atoms with van der Waals surface area (Å²) in [5.41, 5.74) is 7.61. The van der Waals surface area contributed by atoms with Gasteiger partial charge in [0.15, 0.2) is 0 Å². The molecule has 2 atom stereocenters. The van der Waals surface area contributed by atoms with Crippen LogP contribution >= 0.6 is 0 Å². The largest absolute Gasteiger partial charge is 0.507 e. The number of phenols is 1. The van der Waals surface area contributed by atoms with E-state index in [1.54, 1.807) is 42.5 Å². The van der Waals surface area contributed by atoms with Gasteiger partial charge in [-0.05, 0) is 55.0 Å². The molecule has 0 unspecified atom stereocenters. The van der Waals surface area contributed by atoms with Gasteiger partial charge >= 0.3 is 0 Å². The molecule has 6 heteroatoms. The summed E-state index contributed by atoms with van der Waals surface area (Å²) in [6, 6.07) is 17.8. The van der Waals surface area contributed by atoms with E-state index in [1.165, 1.54) is 6.08 Å². The highest BCUT2D eigenvalue weighted by Gasteiger charge is 2.23. The monoisotopic (exact) mass is 420 g/mol. The molecule has 1 amide bonds. The molecular weight excluding hydrogens is 392 g/mol. The van der Waals surface area contributed by atoms with Crippen LogP contribution in [0.5, 0.6) is 5.75 Å². The number of hydrogen-bond donors (Lipinski definition) is 4. The zero-order chi connectivity index (χ0) is 22.2. The Kier molecular flexibility index (Phi) is 7.65. The number of hydrogen-bond acceptors (Lipinski definition) is 5. The highest BCUT2D eigenvalue weighted by atomic mass is 16.5. The summed E-state index contributed by atoms with van der Waals surface area (Å²) in [7, 11) is 0. The number of rotatable bonds is 9. The number of nitrogens with two attached hydrogens (primary N) is 1. The van der Waals surface area contributed by atoms with Crippen molar-refractivity contribution in [2.75, 3.05) is 17.7 Å². The number of nitrogens with one attached hydrogen (secondary N) is 1. The first-order valence-electron chi connectivity index (χ1n) is 10.3. The Morgan fingerprint density at radius 1 is 1.10 bits per heavy atom. The number of anilines is 2. The van der Waals surface area contributed by atoms with Crippen LogP contribution in [-0.4, -0.2) is 28.8 Å². The van der Waals surface area contributed by atoms with E-state index >= 15 is 0 Å². The molecular formula is C25H28N2O4. The molecule has 0 aliphatic heterocycles. The average Bonchev–Trinajstić information content (AvgIpc) is 2.77. The predicted molar refractivity (Wildman–Crippen MR) is 124 cm³/mol. The highest BCUT2D eigenvalue weighted by molar-refractivity contribution is 6.01. The maximum Gasteiger partial charge on any atom is 0.248 e. The van der Waals surface area contributed by atoms with Crippen LogP contribution in [-0.2, 0) is 9.53 Å². The lowest BCUT2D eigenvalue weighted by molar-refractivity contribution is -0.111. The van der Waals surface area contributed by atoms with E-state index < -0.39 is 12.2 Å². The van der Waals surface area contributed by atoms with Crippen molar-refractivity contribution in [3.63, 3.8) is 0 Å². The number of phenolic OH excluding ortho intramolecular Hbond substituents is 1. The molecule has 0 spiro atoms. The fourth-order valence-electron chi connectivity index (χ4n) is 3.55. The summed E-state index contributed by atoms with van der Waals surface area (Å²) >= 11 is 0. The van der Waals surface area contributed by atoms with Crippen molar-refractivity contribution in [2.45, 2.75) is 32.0 Å². The predicted octanol–water partition coefficient (Wildman–Crippen LogP) is 4.54. The molecule has 0 aromatic heterocycles. The van der Waals surface area contributed by atoms with Crippen LogP contribution in [0.25, 0.3) is 10.8 Å². The first-order chi connectivity index (χ1) is 15.0. The molecule has 0 saturated heterocycles. The second kappa shape index (κ2) is 10.6. The lowest BCUT2D eigenvalue weighted by atomic mass is 9.95. The minimum Gasteiger partial charge on any atom is -0.507 e. The van der Waals surface area contributed by atoms with Gasteiger partial charge < -0.3 is 26.0 Å². The summed E-state index contributed by atoms with van der Waals surface area (Å²) in [6.07, 6.45) is 2.98. The Hall–Kier alpha value is -3.35. The van der Waals surface area contributed by atoms with Crippen molar-refractivity contribution < 1.29 is 19.7 Å². The van der Waals surface area contributed by atoms with Crippen molar-refractivity contribution in [2.24, 2.45) is 0 Å². The van der Waals surface area contributed by atoms with Gasteiger partial charge in [-0.2, -0.15) is 0 Å². The third kappa shape index (κ3) is 5.63. The van der Waals surface area contributed by atoms with E-state index in [0.29, 0.717) is 41.8 Å². The summed E-state index contributed by atoms with van der Waals surface area (Å²) in [6.45, 7) is 2.33. The second-order valence-corrected chi connectivity index (χ2v) is 7.21. The lowest BCUT2D eigenvalue weighted by Crippen LogP contribution is -2.22. The fraction of sp³-hybridized carbons (Fsp3) is 0.240. The molecule has 0 saturated carbocycles. The molecule has 3 rings (SSSR count). The van der Waals surface area contributed by atoms with Crippen LogP contribution in [0.15, 0.2) is 72.8 Å². The van der Waals surface area contributed by atoms with Crippen molar-refractivity contribution in [3.05, 3.63) is 78.4 Å². The number of allylic oxidation sites excluding steroid dienone is 1. The highest BCUT2D eigenvalue weighted by Crippen LogP contribution is 2.33. The summed E-state index contributed by atoms with van der Waals surface area (Å²) in [5.74, 6) is -0.0940. The van der Waals surface area contributed by atoms with Gasteiger partial charge in [0.25, 0.3) is 0 Å². The molecule has 0 aliphatic carbocycles. The van der Waals surface area contributed by atoms with Gasteiger partial charge in [0.2, 0.25) is 5.91 Å². The topological polar surface area (TPSA) is 105 Å². The Morgan fingerprint density at radius 3 is 2.55 bits per heavy atom. The fourth-order valence-corrected chi connectivity index (χ4v) is 3.55. The van der Waals surface area contributed by atoms with Gasteiger partial charge in [-0.25, -0.2) is 0 Å². The Morgan fingerprint density at radius 2 is 1.81 bits per heavy atom. The number of ether oxygens (including phenoxy) is 1. The number of nitrogen functional groups attached to an aromatic ring is 1. The van der Waals surface area contributed by atoms with Crippen molar-refractivity contribution in [1.29, 1.82) is 0 Å². The van der Waals surface area contributed by atoms with Crippen LogP contribution in [0.4, 0.5) is 11.4 Å². The minimum absolute atomic E-state index is 0.174. The number of aliphatic hydroxyl groups is 1. The number of carbonyl (C=O) groups is 1. The molecule has 162 valence electrons. The van der Waals surface area contributed by atoms with E-state index in [4.69, 9.17) is 10.5 Å². The smallest absolute Gasteiger partial charge is 0.248 e. The van der Waals surface area contributed by atoms with Crippen molar-refractivity contribution in [1.82, 2.24) is 0 Å². The maximum absolute atomic E-state index is 12.1. The molecule has 0 heterocycles.